The summed E-state index contributed by atoms with van der Waals surface area (Å²) in [4.78, 5) is 42.2. The molecule has 0 aliphatic heterocycles. The molecule has 2 aromatic carbocycles. The lowest BCUT2D eigenvalue weighted by Crippen LogP contribution is -1.98. The largest absolute Gasteiger partial charge is 0.289 e. The van der Waals surface area contributed by atoms with Gasteiger partial charge in [-0.1, -0.05) is 24.3 Å². The van der Waals surface area contributed by atoms with Crippen molar-refractivity contribution in [3.63, 3.8) is 0 Å². The van der Waals surface area contributed by atoms with Crippen LogP contribution in [-0.2, 0) is 0 Å². The number of nitro groups is 2. The SMILES string of the molecule is Cc1ccc(C(=O)/C=C/c2ccc(Sc3ncccn3)c([N+](=O)[O-])c2)cc1[N+](=O)[O-]. The average Bonchev–Trinajstić information content (AvgIpc) is 2.73. The van der Waals surface area contributed by atoms with Crippen LogP contribution in [0.2, 0.25) is 0 Å². The van der Waals surface area contributed by atoms with Crippen molar-refractivity contribution in [3.05, 3.63) is 97.9 Å². The molecule has 0 amide bonds. The molecule has 1 aromatic heterocycles. The van der Waals surface area contributed by atoms with E-state index in [1.54, 1.807) is 37.5 Å². The van der Waals surface area contributed by atoms with Gasteiger partial charge < -0.3 is 0 Å². The molecule has 0 saturated heterocycles. The number of aryl methyl sites for hydroxylation is 1. The Morgan fingerprint density at radius 3 is 2.37 bits per heavy atom. The van der Waals surface area contributed by atoms with Gasteiger partial charge in [-0.25, -0.2) is 9.97 Å². The zero-order valence-corrected chi connectivity index (χ0v) is 16.4. The van der Waals surface area contributed by atoms with Crippen molar-refractivity contribution in [3.8, 4) is 0 Å². The summed E-state index contributed by atoms with van der Waals surface area (Å²) in [6.45, 7) is 1.58. The van der Waals surface area contributed by atoms with E-state index >= 15 is 0 Å². The standard InChI is InChI=1S/C20H14N4O5S/c1-13-3-6-15(12-16(13)23(26)27)18(25)7-4-14-5-8-19(17(11-14)24(28)29)30-20-21-9-2-10-22-20/h2-12H,1H3/b7-4+. The molecule has 30 heavy (non-hydrogen) atoms. The van der Waals surface area contributed by atoms with E-state index in [9.17, 15) is 25.0 Å². The summed E-state index contributed by atoms with van der Waals surface area (Å²) >= 11 is 1.06. The monoisotopic (exact) mass is 422 g/mol. The van der Waals surface area contributed by atoms with Crippen LogP contribution in [0.3, 0.4) is 0 Å². The molecule has 3 rings (SSSR count). The number of aromatic nitrogens is 2. The van der Waals surface area contributed by atoms with Gasteiger partial charge in [0.1, 0.15) is 0 Å². The molecule has 1 heterocycles. The van der Waals surface area contributed by atoms with Gasteiger partial charge in [0.25, 0.3) is 11.4 Å². The van der Waals surface area contributed by atoms with Crippen LogP contribution in [0.25, 0.3) is 6.08 Å². The maximum absolute atomic E-state index is 12.4. The van der Waals surface area contributed by atoms with Gasteiger partial charge in [0.05, 0.1) is 14.7 Å². The van der Waals surface area contributed by atoms with Crippen molar-refractivity contribution in [2.24, 2.45) is 0 Å². The first-order chi connectivity index (χ1) is 14.3. The number of carbonyl (C=O) groups is 1. The Morgan fingerprint density at radius 1 is 1.00 bits per heavy atom. The molecule has 0 radical (unpaired) electrons. The Bertz CT molecular complexity index is 1170. The number of ketones is 1. The maximum atomic E-state index is 12.4. The van der Waals surface area contributed by atoms with Gasteiger partial charge in [-0.2, -0.15) is 0 Å². The highest BCUT2D eigenvalue weighted by atomic mass is 32.2. The van der Waals surface area contributed by atoms with Gasteiger partial charge in [-0.05, 0) is 42.5 Å². The van der Waals surface area contributed by atoms with E-state index < -0.39 is 15.6 Å². The summed E-state index contributed by atoms with van der Waals surface area (Å²) in [7, 11) is 0. The smallest absolute Gasteiger partial charge is 0.283 e. The Labute approximate surface area is 174 Å². The fourth-order valence-corrected chi connectivity index (χ4v) is 3.33. The topological polar surface area (TPSA) is 129 Å². The van der Waals surface area contributed by atoms with Crippen LogP contribution in [-0.4, -0.2) is 25.6 Å². The molecule has 150 valence electrons. The second-order valence-electron chi connectivity index (χ2n) is 6.07. The molecule has 0 fully saturated rings. The summed E-state index contributed by atoms with van der Waals surface area (Å²) in [5.41, 5.74) is 0.760. The zero-order valence-electron chi connectivity index (χ0n) is 15.6. The number of nitrogens with zero attached hydrogens (tertiary/aromatic N) is 4. The highest BCUT2D eigenvalue weighted by Crippen LogP contribution is 2.33. The van der Waals surface area contributed by atoms with Gasteiger partial charge in [0.15, 0.2) is 10.9 Å². The summed E-state index contributed by atoms with van der Waals surface area (Å²) in [5, 5.41) is 22.9. The number of hydrogen-bond donors (Lipinski definition) is 0. The van der Waals surface area contributed by atoms with Gasteiger partial charge in [-0.15, -0.1) is 0 Å². The summed E-state index contributed by atoms with van der Waals surface area (Å²) in [6, 6.07) is 10.4. The number of nitro benzene ring substituents is 2. The van der Waals surface area contributed by atoms with E-state index in [-0.39, 0.29) is 16.9 Å². The molecule has 0 unspecified atom stereocenters. The Balaban J connectivity index is 1.84. The quantitative estimate of drug-likeness (QED) is 0.177. The van der Waals surface area contributed by atoms with Crippen molar-refractivity contribution in [2.75, 3.05) is 0 Å². The number of allylic oxidation sites excluding steroid dienone is 1. The minimum Gasteiger partial charge on any atom is -0.289 e. The number of hydrogen-bond acceptors (Lipinski definition) is 8. The van der Waals surface area contributed by atoms with E-state index in [4.69, 9.17) is 0 Å². The summed E-state index contributed by atoms with van der Waals surface area (Å²) in [5.74, 6) is -0.447. The van der Waals surface area contributed by atoms with Crippen LogP contribution in [0.15, 0.2) is 71.0 Å². The molecule has 9 nitrogen and oxygen atoms in total. The minimum absolute atomic E-state index is 0.144. The second-order valence-corrected chi connectivity index (χ2v) is 7.08. The van der Waals surface area contributed by atoms with E-state index in [2.05, 4.69) is 9.97 Å². The van der Waals surface area contributed by atoms with Gasteiger partial charge >= 0.3 is 0 Å². The fourth-order valence-electron chi connectivity index (χ4n) is 2.53. The van der Waals surface area contributed by atoms with Gasteiger partial charge in [0.2, 0.25) is 0 Å². The Kier molecular flexibility index (Phi) is 6.28. The van der Waals surface area contributed by atoms with Crippen LogP contribution >= 0.6 is 11.8 Å². The normalized spacial score (nSPS) is 10.8. The van der Waals surface area contributed by atoms with Crippen molar-refractivity contribution >= 4 is 35.0 Å². The van der Waals surface area contributed by atoms with Crippen molar-refractivity contribution in [1.29, 1.82) is 0 Å². The third-order valence-corrected chi connectivity index (χ3v) is 5.00. The first kappa shape index (κ1) is 20.8. The lowest BCUT2D eigenvalue weighted by Gasteiger charge is -2.03. The molecule has 0 spiro atoms. The molecule has 0 bridgehead atoms. The number of rotatable bonds is 7. The predicted molar refractivity (Wildman–Crippen MR) is 110 cm³/mol. The van der Waals surface area contributed by atoms with Crippen molar-refractivity contribution in [2.45, 2.75) is 17.0 Å². The number of carbonyl (C=O) groups excluding carboxylic acids is 1. The first-order valence-corrected chi connectivity index (χ1v) is 9.37. The van der Waals surface area contributed by atoms with Gasteiger partial charge in [-0.3, -0.25) is 25.0 Å². The van der Waals surface area contributed by atoms with E-state index in [0.717, 1.165) is 11.8 Å². The fraction of sp³-hybridized carbons (Fsp3) is 0.0500. The molecule has 10 heteroatoms. The van der Waals surface area contributed by atoms with Crippen LogP contribution in [0.5, 0.6) is 0 Å². The number of benzene rings is 2. The van der Waals surface area contributed by atoms with Crippen molar-refractivity contribution in [1.82, 2.24) is 9.97 Å². The highest BCUT2D eigenvalue weighted by molar-refractivity contribution is 7.99. The van der Waals surface area contributed by atoms with Crippen LogP contribution in [0.1, 0.15) is 21.5 Å². The Morgan fingerprint density at radius 2 is 1.70 bits per heavy atom. The van der Waals surface area contributed by atoms with Crippen LogP contribution < -0.4 is 0 Å². The predicted octanol–water partition coefficient (Wildman–Crippen LogP) is 4.65. The summed E-state index contributed by atoms with van der Waals surface area (Å²) < 4.78 is 0. The van der Waals surface area contributed by atoms with Crippen LogP contribution in [0.4, 0.5) is 11.4 Å². The summed E-state index contributed by atoms with van der Waals surface area (Å²) in [6.07, 6.45) is 5.73. The lowest BCUT2D eigenvalue weighted by molar-refractivity contribution is -0.387. The van der Waals surface area contributed by atoms with E-state index in [1.165, 1.54) is 36.4 Å². The third-order valence-electron chi connectivity index (χ3n) is 4.04. The Hall–Kier alpha value is -3.92. The van der Waals surface area contributed by atoms with Crippen LogP contribution in [0, 0.1) is 27.2 Å². The molecule has 0 N–H and O–H groups in total. The maximum Gasteiger partial charge on any atom is 0.283 e. The first-order valence-electron chi connectivity index (χ1n) is 8.56. The molecule has 3 aromatic rings. The molecular weight excluding hydrogens is 408 g/mol. The van der Waals surface area contributed by atoms with Crippen molar-refractivity contribution < 1.29 is 14.6 Å². The van der Waals surface area contributed by atoms with Gasteiger partial charge in [0, 0.05) is 35.7 Å². The molecule has 0 aliphatic carbocycles. The molecule has 0 aliphatic rings. The minimum atomic E-state index is -0.550. The third kappa shape index (κ3) is 4.92. The highest BCUT2D eigenvalue weighted by Gasteiger charge is 2.17. The molecular formula is C20H14N4O5S. The average molecular weight is 422 g/mol. The van der Waals surface area contributed by atoms with E-state index in [1.807, 2.05) is 0 Å². The zero-order chi connectivity index (χ0) is 21.7. The molecule has 0 atom stereocenters. The second kappa shape index (κ2) is 9.05. The lowest BCUT2D eigenvalue weighted by atomic mass is 10.1. The molecule has 0 saturated carbocycles. The van der Waals surface area contributed by atoms with E-state index in [0.29, 0.717) is 21.2 Å².